The van der Waals surface area contributed by atoms with Crippen molar-refractivity contribution in [1.82, 2.24) is 5.32 Å². The van der Waals surface area contributed by atoms with E-state index in [1.165, 1.54) is 57.8 Å². The summed E-state index contributed by atoms with van der Waals surface area (Å²) in [5.74, 6) is -0.223. The molecule has 8 nitrogen and oxygen atoms in total. The minimum Gasteiger partial charge on any atom is -0.387 e. The van der Waals surface area contributed by atoms with Gasteiger partial charge in [0.1, 0.15) is 0 Å². The fourth-order valence-electron chi connectivity index (χ4n) is 5.72. The molecule has 1 amide bonds. The number of nitrogens with two attached hydrogens (primary N) is 1. The maximum Gasteiger partial charge on any atom is 0.472 e. The highest BCUT2D eigenvalue weighted by atomic mass is 31.2. The van der Waals surface area contributed by atoms with Gasteiger partial charge < -0.3 is 21.1 Å². The van der Waals surface area contributed by atoms with Crippen LogP contribution in [0, 0.1) is 0 Å². The molecule has 0 aromatic carbocycles. The van der Waals surface area contributed by atoms with E-state index in [0.717, 1.165) is 89.9 Å². The Morgan fingerprint density at radius 1 is 0.618 bits per heavy atom. The highest BCUT2D eigenvalue weighted by molar-refractivity contribution is 7.47. The SMILES string of the molecule is CC/C=C\C/C=C\C/C=C\C/C=C\C/C=C\C/C=C\CCCCCCC(=O)NC(COP(=O)(O)OCCN)C(O)/C=C/CCCCCCCCCCCCC. The minimum absolute atomic E-state index is 0.0693. The van der Waals surface area contributed by atoms with Crippen LogP contribution in [0.4, 0.5) is 0 Å². The Morgan fingerprint density at radius 2 is 1.05 bits per heavy atom. The van der Waals surface area contributed by atoms with Crippen LogP contribution in [0.5, 0.6) is 0 Å². The fraction of sp³-hybridized carbons (Fsp3) is 0.674. The molecule has 0 heterocycles. The molecule has 0 saturated heterocycles. The molecule has 3 atom stereocenters. The van der Waals surface area contributed by atoms with Crippen LogP contribution in [0.15, 0.2) is 85.1 Å². The van der Waals surface area contributed by atoms with Crippen molar-refractivity contribution in [2.24, 2.45) is 5.73 Å². The number of phosphoric acid groups is 1. The second-order valence-corrected chi connectivity index (χ2v) is 15.6. The Morgan fingerprint density at radius 3 is 1.55 bits per heavy atom. The Balaban J connectivity index is 4.28. The van der Waals surface area contributed by atoms with E-state index in [0.29, 0.717) is 6.42 Å². The van der Waals surface area contributed by atoms with E-state index in [1.807, 2.05) is 6.08 Å². The zero-order valence-electron chi connectivity index (χ0n) is 34.9. The molecule has 0 radical (unpaired) electrons. The molecule has 0 saturated carbocycles. The second-order valence-electron chi connectivity index (χ2n) is 14.2. The van der Waals surface area contributed by atoms with Gasteiger partial charge in [-0.1, -0.05) is 176 Å². The molecule has 316 valence electrons. The summed E-state index contributed by atoms with van der Waals surface area (Å²) in [7, 11) is -4.35. The molecule has 55 heavy (non-hydrogen) atoms. The van der Waals surface area contributed by atoms with E-state index < -0.39 is 20.0 Å². The van der Waals surface area contributed by atoms with Crippen molar-refractivity contribution < 1.29 is 28.4 Å². The van der Waals surface area contributed by atoms with Crippen LogP contribution in [0.2, 0.25) is 0 Å². The van der Waals surface area contributed by atoms with E-state index in [-0.39, 0.29) is 25.7 Å². The molecule has 0 aliphatic heterocycles. The number of hydrogen-bond acceptors (Lipinski definition) is 6. The number of amides is 1. The van der Waals surface area contributed by atoms with Gasteiger partial charge in [0.2, 0.25) is 5.91 Å². The van der Waals surface area contributed by atoms with Gasteiger partial charge in [-0.15, -0.1) is 0 Å². The summed E-state index contributed by atoms with van der Waals surface area (Å²) in [4.78, 5) is 22.7. The molecule has 3 unspecified atom stereocenters. The number of phosphoric ester groups is 1. The van der Waals surface area contributed by atoms with Crippen molar-refractivity contribution in [3.63, 3.8) is 0 Å². The maximum atomic E-state index is 12.8. The van der Waals surface area contributed by atoms with Crippen molar-refractivity contribution in [2.45, 2.75) is 180 Å². The van der Waals surface area contributed by atoms with E-state index in [9.17, 15) is 19.4 Å². The molecule has 0 spiro atoms. The quantitative estimate of drug-likeness (QED) is 0.0277. The average Bonchev–Trinajstić information content (AvgIpc) is 3.17. The van der Waals surface area contributed by atoms with Crippen molar-refractivity contribution >= 4 is 13.7 Å². The van der Waals surface area contributed by atoms with Crippen LogP contribution in [0.3, 0.4) is 0 Å². The Kier molecular flexibility index (Phi) is 39.6. The zero-order valence-corrected chi connectivity index (χ0v) is 35.8. The predicted octanol–water partition coefficient (Wildman–Crippen LogP) is 12.2. The summed E-state index contributed by atoms with van der Waals surface area (Å²) in [6, 6.07) is -0.879. The van der Waals surface area contributed by atoms with Crippen molar-refractivity contribution in [1.29, 1.82) is 0 Å². The van der Waals surface area contributed by atoms with Crippen LogP contribution < -0.4 is 11.1 Å². The van der Waals surface area contributed by atoms with Gasteiger partial charge in [0.25, 0.3) is 0 Å². The first-order valence-corrected chi connectivity index (χ1v) is 23.2. The summed E-state index contributed by atoms with van der Waals surface area (Å²) in [5, 5.41) is 13.6. The zero-order chi connectivity index (χ0) is 40.3. The largest absolute Gasteiger partial charge is 0.472 e. The number of hydrogen-bond donors (Lipinski definition) is 4. The van der Waals surface area contributed by atoms with Gasteiger partial charge in [0.15, 0.2) is 0 Å². The summed E-state index contributed by atoms with van der Waals surface area (Å²) in [6.45, 7) is 3.97. The second kappa shape index (κ2) is 41.3. The number of rotatable bonds is 39. The van der Waals surface area contributed by atoms with Crippen molar-refractivity contribution in [3.05, 3.63) is 85.1 Å². The molecule has 0 aromatic heterocycles. The van der Waals surface area contributed by atoms with Gasteiger partial charge in [-0.05, 0) is 70.6 Å². The third-order valence-electron chi connectivity index (χ3n) is 8.98. The molecule has 5 N–H and O–H groups in total. The maximum absolute atomic E-state index is 12.8. The highest BCUT2D eigenvalue weighted by Crippen LogP contribution is 2.43. The highest BCUT2D eigenvalue weighted by Gasteiger charge is 2.26. The van der Waals surface area contributed by atoms with Crippen LogP contribution in [0.25, 0.3) is 0 Å². The lowest BCUT2D eigenvalue weighted by Crippen LogP contribution is -2.45. The van der Waals surface area contributed by atoms with Gasteiger partial charge in [0.05, 0.1) is 25.4 Å². The number of nitrogens with one attached hydrogen (secondary N) is 1. The molecular weight excluding hydrogens is 707 g/mol. The van der Waals surface area contributed by atoms with E-state index in [1.54, 1.807) is 6.08 Å². The molecule has 0 fully saturated rings. The van der Waals surface area contributed by atoms with Gasteiger partial charge >= 0.3 is 7.82 Å². The van der Waals surface area contributed by atoms with Crippen LogP contribution in [-0.4, -0.2) is 47.8 Å². The number of carbonyl (C=O) groups excluding carboxylic acids is 1. The van der Waals surface area contributed by atoms with Gasteiger partial charge in [0, 0.05) is 13.0 Å². The van der Waals surface area contributed by atoms with E-state index in [2.05, 4.69) is 92.1 Å². The molecule has 0 aromatic rings. The summed E-state index contributed by atoms with van der Waals surface area (Å²) in [5.41, 5.74) is 5.37. The van der Waals surface area contributed by atoms with Crippen LogP contribution in [0.1, 0.15) is 168 Å². The lowest BCUT2D eigenvalue weighted by atomic mass is 10.0. The lowest BCUT2D eigenvalue weighted by molar-refractivity contribution is -0.123. The normalized spacial score (nSPS) is 14.9. The molecule has 0 rings (SSSR count). The third-order valence-corrected chi connectivity index (χ3v) is 9.96. The summed E-state index contributed by atoms with van der Waals surface area (Å²) < 4.78 is 22.1. The topological polar surface area (TPSA) is 131 Å². The van der Waals surface area contributed by atoms with Crippen molar-refractivity contribution in [3.8, 4) is 0 Å². The first kappa shape index (κ1) is 52.7. The van der Waals surface area contributed by atoms with Crippen LogP contribution in [-0.2, 0) is 18.4 Å². The fourth-order valence-corrected chi connectivity index (χ4v) is 6.48. The summed E-state index contributed by atoms with van der Waals surface area (Å²) >= 11 is 0. The monoisotopic (exact) mass is 789 g/mol. The lowest BCUT2D eigenvalue weighted by Gasteiger charge is -2.23. The Labute approximate surface area is 337 Å². The summed E-state index contributed by atoms with van der Waals surface area (Å²) in [6.07, 6.45) is 54.8. The molecule has 9 heteroatoms. The minimum atomic E-state index is -4.35. The number of aliphatic hydroxyl groups is 1. The Hall–Kier alpha value is -2.32. The van der Waals surface area contributed by atoms with Gasteiger partial charge in [-0.25, -0.2) is 4.57 Å². The number of aliphatic hydroxyl groups excluding tert-OH is 1. The number of allylic oxidation sites excluding steroid dienone is 13. The number of unbranched alkanes of at least 4 members (excludes halogenated alkanes) is 15. The predicted molar refractivity (Wildman–Crippen MR) is 235 cm³/mol. The smallest absolute Gasteiger partial charge is 0.387 e. The van der Waals surface area contributed by atoms with E-state index >= 15 is 0 Å². The standard InChI is InChI=1S/C46H81N2O6P/c1-3-5-7-9-11-13-15-17-18-19-20-21-22-23-24-25-26-28-30-32-34-36-38-40-46(50)48-44(43-54-55(51,52)53-42-41-47)45(49)39-37-35-33-31-29-27-16-14-12-10-8-6-4-2/h5,7,11,13,17-18,20-21,23-24,26,28,37,39,44-45,49H,3-4,6,8-10,12,14-16,19,22,25,27,29-36,38,40-43,47H2,1-2H3,(H,48,50)(H,51,52)/b7-5-,13-11-,18-17-,21-20-,24-23-,28-26-,39-37+. The van der Waals surface area contributed by atoms with Crippen LogP contribution >= 0.6 is 7.82 Å². The van der Waals surface area contributed by atoms with E-state index in [4.69, 9.17) is 14.8 Å². The molecule has 0 bridgehead atoms. The Bertz CT molecular complexity index is 1130. The first-order chi connectivity index (χ1) is 26.9. The molecule has 0 aliphatic carbocycles. The third kappa shape index (κ3) is 39.7. The number of carbonyl (C=O) groups is 1. The first-order valence-electron chi connectivity index (χ1n) is 21.7. The molecular formula is C46H81N2O6P. The van der Waals surface area contributed by atoms with Crippen molar-refractivity contribution in [2.75, 3.05) is 19.8 Å². The average molecular weight is 789 g/mol. The molecule has 0 aliphatic rings. The van der Waals surface area contributed by atoms with Gasteiger partial charge in [-0.2, -0.15) is 0 Å². The van der Waals surface area contributed by atoms with Gasteiger partial charge in [-0.3, -0.25) is 13.8 Å².